The first-order valence-electron chi connectivity index (χ1n) is 12.5. The first-order chi connectivity index (χ1) is 17.8. The summed E-state index contributed by atoms with van der Waals surface area (Å²) >= 11 is 0. The molecule has 1 aromatic heterocycles. The number of sulfone groups is 1. The van der Waals surface area contributed by atoms with Crippen molar-refractivity contribution >= 4 is 15.7 Å². The van der Waals surface area contributed by atoms with Crippen LogP contribution in [0.3, 0.4) is 0 Å². The lowest BCUT2D eigenvalue weighted by molar-refractivity contribution is 0.0900. The summed E-state index contributed by atoms with van der Waals surface area (Å²) in [7, 11) is -0.660. The molecule has 37 heavy (non-hydrogen) atoms. The number of methoxy groups -OCH3 is 2. The van der Waals surface area contributed by atoms with Gasteiger partial charge in [-0.3, -0.25) is 9.69 Å². The topological polar surface area (TPSA) is 98.1 Å². The lowest BCUT2D eigenvalue weighted by Gasteiger charge is -2.31. The number of rotatable bonds is 9. The van der Waals surface area contributed by atoms with E-state index in [2.05, 4.69) is 10.2 Å². The summed E-state index contributed by atoms with van der Waals surface area (Å²) in [5.74, 6) is 0.754. The molecule has 1 fully saturated rings. The highest BCUT2D eigenvalue weighted by molar-refractivity contribution is 7.91. The first kappa shape index (κ1) is 26.8. The molecule has 2 aromatic carbocycles. The number of likely N-dealkylation sites (tertiary alicyclic amines) is 1. The molecule has 0 spiro atoms. The lowest BCUT2D eigenvalue weighted by Crippen LogP contribution is -2.38. The zero-order valence-corrected chi connectivity index (χ0v) is 22.3. The Morgan fingerprint density at radius 1 is 0.946 bits per heavy atom. The summed E-state index contributed by atoms with van der Waals surface area (Å²) in [4.78, 5) is 15.5. The van der Waals surface area contributed by atoms with Gasteiger partial charge in [0.15, 0.2) is 17.3 Å². The molecule has 1 N–H and O–H groups in total. The summed E-state index contributed by atoms with van der Waals surface area (Å²) in [5, 5.41) is 2.69. The summed E-state index contributed by atoms with van der Waals surface area (Å²) in [5.41, 5.74) is 1.95. The number of aryl methyl sites for hydroxylation is 1. The van der Waals surface area contributed by atoms with Crippen molar-refractivity contribution in [1.82, 2.24) is 10.2 Å². The van der Waals surface area contributed by atoms with Gasteiger partial charge in [-0.05, 0) is 74.8 Å². The van der Waals surface area contributed by atoms with Gasteiger partial charge in [-0.2, -0.15) is 0 Å². The van der Waals surface area contributed by atoms with Crippen molar-refractivity contribution in [1.29, 1.82) is 0 Å². The molecule has 0 bridgehead atoms. The molecule has 0 radical (unpaired) electrons. The van der Waals surface area contributed by atoms with E-state index in [1.54, 1.807) is 26.4 Å². The highest BCUT2D eigenvalue weighted by Crippen LogP contribution is 2.33. The van der Waals surface area contributed by atoms with Crippen LogP contribution < -0.4 is 14.8 Å². The fourth-order valence-electron chi connectivity index (χ4n) is 4.62. The normalized spacial score (nSPS) is 15.5. The zero-order valence-electron chi connectivity index (χ0n) is 21.5. The third kappa shape index (κ3) is 6.17. The van der Waals surface area contributed by atoms with E-state index in [0.717, 1.165) is 37.1 Å². The van der Waals surface area contributed by atoms with Crippen LogP contribution in [0.4, 0.5) is 0 Å². The van der Waals surface area contributed by atoms with Crippen LogP contribution in [0.25, 0.3) is 0 Å². The van der Waals surface area contributed by atoms with Gasteiger partial charge in [-0.25, -0.2) is 8.42 Å². The second-order valence-electron chi connectivity index (χ2n) is 9.23. The number of carbonyl (C=O) groups is 1. The highest BCUT2D eigenvalue weighted by atomic mass is 32.2. The number of furan rings is 1. The largest absolute Gasteiger partial charge is 0.493 e. The number of nitrogens with one attached hydrogen (secondary N) is 1. The molecule has 9 heteroatoms. The summed E-state index contributed by atoms with van der Waals surface area (Å²) < 4.78 is 42.3. The number of benzene rings is 2. The fraction of sp³-hybridized carbons (Fsp3) is 0.393. The fourth-order valence-corrected chi connectivity index (χ4v) is 5.79. The van der Waals surface area contributed by atoms with E-state index in [4.69, 9.17) is 13.9 Å². The van der Waals surface area contributed by atoms with Gasteiger partial charge in [0, 0.05) is 6.54 Å². The molecule has 1 amide bonds. The molecule has 0 saturated carbocycles. The monoisotopic (exact) mass is 526 g/mol. The van der Waals surface area contributed by atoms with Crippen LogP contribution in [0.1, 0.15) is 53.4 Å². The van der Waals surface area contributed by atoms with Crippen molar-refractivity contribution in [2.45, 2.75) is 48.6 Å². The summed E-state index contributed by atoms with van der Waals surface area (Å²) in [6.07, 6.45) is 4.56. The van der Waals surface area contributed by atoms with Crippen LogP contribution in [-0.2, 0) is 9.84 Å². The highest BCUT2D eigenvalue weighted by Gasteiger charge is 2.26. The van der Waals surface area contributed by atoms with Gasteiger partial charge in [-0.15, -0.1) is 0 Å². The maximum Gasteiger partial charge on any atom is 0.287 e. The molecular formula is C28H34N2O6S. The van der Waals surface area contributed by atoms with E-state index in [0.29, 0.717) is 18.0 Å². The molecule has 2 heterocycles. The van der Waals surface area contributed by atoms with Crippen molar-refractivity contribution < 1.29 is 27.1 Å². The number of amides is 1. The van der Waals surface area contributed by atoms with E-state index in [9.17, 15) is 13.2 Å². The maximum atomic E-state index is 13.0. The predicted molar refractivity (Wildman–Crippen MR) is 140 cm³/mol. The molecule has 1 aliphatic rings. The van der Waals surface area contributed by atoms with Crippen LogP contribution in [-0.4, -0.2) is 53.1 Å². The molecule has 8 nitrogen and oxygen atoms in total. The van der Waals surface area contributed by atoms with Crippen LogP contribution in [0.5, 0.6) is 11.5 Å². The first-order valence-corrected chi connectivity index (χ1v) is 14.0. The van der Waals surface area contributed by atoms with E-state index in [1.165, 1.54) is 37.1 Å². The van der Waals surface area contributed by atoms with Crippen molar-refractivity contribution in [3.05, 3.63) is 71.5 Å². The van der Waals surface area contributed by atoms with Crippen LogP contribution in [0.15, 0.2) is 69.0 Å². The summed E-state index contributed by atoms with van der Waals surface area (Å²) in [6, 6.07) is 14.9. The van der Waals surface area contributed by atoms with Gasteiger partial charge in [-0.1, -0.05) is 36.6 Å². The van der Waals surface area contributed by atoms with E-state index >= 15 is 0 Å². The molecule has 1 aliphatic heterocycles. The van der Waals surface area contributed by atoms with Gasteiger partial charge in [0.05, 0.1) is 25.2 Å². The van der Waals surface area contributed by atoms with Crippen molar-refractivity contribution in [3.63, 3.8) is 0 Å². The van der Waals surface area contributed by atoms with Gasteiger partial charge < -0.3 is 19.2 Å². The van der Waals surface area contributed by atoms with Crippen molar-refractivity contribution in [2.75, 3.05) is 33.9 Å². The van der Waals surface area contributed by atoms with Gasteiger partial charge in [0.2, 0.25) is 14.9 Å². The predicted octanol–water partition coefficient (Wildman–Crippen LogP) is 4.79. The number of hydrogen-bond acceptors (Lipinski definition) is 7. The summed E-state index contributed by atoms with van der Waals surface area (Å²) in [6.45, 7) is 4.06. The average molecular weight is 527 g/mol. The Balaban J connectivity index is 1.53. The second kappa shape index (κ2) is 11.8. The van der Waals surface area contributed by atoms with Crippen LogP contribution >= 0.6 is 0 Å². The average Bonchev–Trinajstić information content (AvgIpc) is 3.27. The number of nitrogens with zero attached hydrogens (tertiary/aromatic N) is 1. The molecule has 3 aromatic rings. The van der Waals surface area contributed by atoms with Crippen LogP contribution in [0, 0.1) is 6.92 Å². The molecule has 1 saturated heterocycles. The molecule has 0 aliphatic carbocycles. The molecule has 4 rings (SSSR count). The number of ether oxygens (including phenoxy) is 2. The minimum absolute atomic E-state index is 0.0485. The Bertz CT molecular complexity index is 1310. The number of hydrogen-bond donors (Lipinski definition) is 1. The molecule has 1 atom stereocenters. The Morgan fingerprint density at radius 2 is 1.62 bits per heavy atom. The quantitative estimate of drug-likeness (QED) is 0.428. The number of carbonyl (C=O) groups excluding carboxylic acids is 1. The lowest BCUT2D eigenvalue weighted by atomic mass is 10.0. The molecule has 198 valence electrons. The minimum atomic E-state index is -3.86. The Kier molecular flexibility index (Phi) is 8.56. The Hall–Kier alpha value is -3.30. The second-order valence-corrected chi connectivity index (χ2v) is 11.1. The zero-order chi connectivity index (χ0) is 26.4. The van der Waals surface area contributed by atoms with Crippen molar-refractivity contribution in [2.24, 2.45) is 0 Å². The van der Waals surface area contributed by atoms with E-state index in [-0.39, 0.29) is 21.8 Å². The van der Waals surface area contributed by atoms with Crippen LogP contribution in [0.2, 0.25) is 0 Å². The van der Waals surface area contributed by atoms with Gasteiger partial charge in [0.25, 0.3) is 5.91 Å². The SMILES string of the molecule is COc1ccc(C(CNC(=O)c2ccc(S(=O)(=O)c3ccc(C)cc3)o2)N2CCCCCC2)cc1OC. The van der Waals surface area contributed by atoms with E-state index in [1.807, 2.05) is 25.1 Å². The minimum Gasteiger partial charge on any atom is -0.493 e. The van der Waals surface area contributed by atoms with E-state index < -0.39 is 15.7 Å². The van der Waals surface area contributed by atoms with Gasteiger partial charge >= 0.3 is 0 Å². The molecule has 1 unspecified atom stereocenters. The third-order valence-corrected chi connectivity index (χ3v) is 8.37. The van der Waals surface area contributed by atoms with Crippen molar-refractivity contribution in [3.8, 4) is 11.5 Å². The smallest absolute Gasteiger partial charge is 0.287 e. The maximum absolute atomic E-state index is 13.0. The molecular weight excluding hydrogens is 492 g/mol. The Morgan fingerprint density at radius 3 is 2.27 bits per heavy atom. The third-order valence-electron chi connectivity index (χ3n) is 6.73. The standard InChI is InChI=1S/C28H34N2O6S/c1-20-8-11-22(12-9-20)37(32,33)27-15-14-25(36-27)28(31)29-19-23(30-16-6-4-5-7-17-30)21-10-13-24(34-2)26(18-21)35-3/h8-15,18,23H,4-7,16-17,19H2,1-3H3,(H,29,31). The Labute approximate surface area is 218 Å². The van der Waals surface area contributed by atoms with Gasteiger partial charge in [0.1, 0.15) is 0 Å².